The number of nitrogens with one attached hydrogen (secondary N) is 1. The highest BCUT2D eigenvalue weighted by atomic mass is 32.2. The molecule has 3 rings (SSSR count). The summed E-state index contributed by atoms with van der Waals surface area (Å²) in [7, 11) is -3.95. The van der Waals surface area contributed by atoms with E-state index in [2.05, 4.69) is 9.46 Å². The van der Waals surface area contributed by atoms with Crippen LogP contribution in [-0.4, -0.2) is 38.7 Å². The Morgan fingerprint density at radius 2 is 1.72 bits per heavy atom. The molecule has 0 radical (unpaired) electrons. The van der Waals surface area contributed by atoms with Crippen LogP contribution in [0.15, 0.2) is 53.4 Å². The summed E-state index contributed by atoms with van der Waals surface area (Å²) in [6.07, 6.45) is -4.12. The van der Waals surface area contributed by atoms with Gasteiger partial charge in [0.2, 0.25) is 15.9 Å². The molecule has 0 saturated carbocycles. The summed E-state index contributed by atoms with van der Waals surface area (Å²) < 4.78 is 67.0. The van der Waals surface area contributed by atoms with E-state index in [4.69, 9.17) is 0 Å². The third kappa shape index (κ3) is 5.70. The summed E-state index contributed by atoms with van der Waals surface area (Å²) in [5.41, 5.74) is 2.28. The zero-order valence-corrected chi connectivity index (χ0v) is 16.1. The average molecular weight is 428 g/mol. The van der Waals surface area contributed by atoms with Gasteiger partial charge >= 0.3 is 6.36 Å². The van der Waals surface area contributed by atoms with Gasteiger partial charge in [-0.25, -0.2) is 13.1 Å². The van der Waals surface area contributed by atoms with Crippen molar-refractivity contribution in [3.8, 4) is 5.75 Å². The van der Waals surface area contributed by atoms with Gasteiger partial charge in [0.05, 0.1) is 4.90 Å². The highest BCUT2D eigenvalue weighted by Crippen LogP contribution is 2.24. The lowest BCUT2D eigenvalue weighted by Crippen LogP contribution is -2.38. The Morgan fingerprint density at radius 1 is 1.07 bits per heavy atom. The van der Waals surface area contributed by atoms with Gasteiger partial charge in [0.1, 0.15) is 5.75 Å². The Hall–Kier alpha value is -2.59. The number of nitrogens with zero attached hydrogens (tertiary/aromatic N) is 1. The molecular formula is C19H19F3N2O4S. The molecule has 0 unspecified atom stereocenters. The maximum absolute atomic E-state index is 12.4. The number of sulfonamides is 1. The highest BCUT2D eigenvalue weighted by Gasteiger charge is 2.31. The third-order valence-electron chi connectivity index (χ3n) is 4.48. The van der Waals surface area contributed by atoms with Crippen LogP contribution in [0.2, 0.25) is 0 Å². The molecule has 0 aromatic heterocycles. The monoisotopic (exact) mass is 428 g/mol. The van der Waals surface area contributed by atoms with Crippen LogP contribution in [0.25, 0.3) is 0 Å². The van der Waals surface area contributed by atoms with E-state index in [0.29, 0.717) is 13.1 Å². The van der Waals surface area contributed by atoms with Crippen molar-refractivity contribution < 1.29 is 31.1 Å². The number of carbonyl (C=O) groups is 1. The maximum Gasteiger partial charge on any atom is 0.573 e. The van der Waals surface area contributed by atoms with Gasteiger partial charge in [-0.1, -0.05) is 24.3 Å². The number of amides is 1. The van der Waals surface area contributed by atoms with Crippen molar-refractivity contribution in [2.24, 2.45) is 0 Å². The first-order valence-electron chi connectivity index (χ1n) is 8.84. The topological polar surface area (TPSA) is 75.7 Å². The zero-order valence-electron chi connectivity index (χ0n) is 15.3. The van der Waals surface area contributed by atoms with E-state index >= 15 is 0 Å². The Labute approximate surface area is 166 Å². The van der Waals surface area contributed by atoms with Gasteiger partial charge < -0.3 is 9.64 Å². The smallest absolute Gasteiger partial charge is 0.406 e. The van der Waals surface area contributed by atoms with Crippen molar-refractivity contribution in [2.45, 2.75) is 30.6 Å². The molecule has 0 aliphatic carbocycles. The fraction of sp³-hybridized carbons (Fsp3) is 0.316. The van der Waals surface area contributed by atoms with Crippen LogP contribution in [0.4, 0.5) is 13.2 Å². The lowest BCUT2D eigenvalue weighted by Gasteiger charge is -2.29. The number of benzene rings is 2. The van der Waals surface area contributed by atoms with Gasteiger partial charge in [-0.05, 0) is 41.8 Å². The number of carbonyl (C=O) groups excluding carboxylic acids is 1. The standard InChI is InChI=1S/C19H19F3N2O4S/c20-19(21,22)28-16-5-7-17(8-6-16)29(26,27)23-11-9-18(25)24-12-10-14-3-1-2-4-15(14)13-24/h1-8,23H,9-13H2. The van der Waals surface area contributed by atoms with E-state index in [0.717, 1.165) is 36.2 Å². The first-order chi connectivity index (χ1) is 13.6. The van der Waals surface area contributed by atoms with Crippen LogP contribution < -0.4 is 9.46 Å². The second-order valence-corrected chi connectivity index (χ2v) is 8.27. The van der Waals surface area contributed by atoms with Gasteiger partial charge in [-0.3, -0.25) is 4.79 Å². The molecule has 1 heterocycles. The van der Waals surface area contributed by atoms with E-state index < -0.39 is 22.1 Å². The van der Waals surface area contributed by atoms with Crippen molar-refractivity contribution in [3.05, 3.63) is 59.7 Å². The number of hydrogen-bond acceptors (Lipinski definition) is 4. The predicted molar refractivity (Wildman–Crippen MR) is 98.5 cm³/mol. The lowest BCUT2D eigenvalue weighted by atomic mass is 10.00. The summed E-state index contributed by atoms with van der Waals surface area (Å²) in [6.45, 7) is 0.950. The molecule has 1 N–H and O–H groups in total. The van der Waals surface area contributed by atoms with Crippen molar-refractivity contribution in [1.82, 2.24) is 9.62 Å². The number of alkyl halides is 3. The summed E-state index contributed by atoms with van der Waals surface area (Å²) in [5, 5.41) is 0. The second kappa shape index (κ2) is 8.42. The molecule has 0 fully saturated rings. The predicted octanol–water partition coefficient (Wildman–Crippen LogP) is 2.84. The molecule has 6 nitrogen and oxygen atoms in total. The Morgan fingerprint density at radius 3 is 2.38 bits per heavy atom. The number of hydrogen-bond donors (Lipinski definition) is 1. The van der Waals surface area contributed by atoms with Crippen LogP contribution >= 0.6 is 0 Å². The molecule has 0 atom stereocenters. The van der Waals surface area contributed by atoms with Gasteiger partial charge in [-0.15, -0.1) is 13.2 Å². The van der Waals surface area contributed by atoms with Crippen LogP contribution in [0, 0.1) is 0 Å². The van der Waals surface area contributed by atoms with E-state index in [-0.39, 0.29) is 23.8 Å². The first kappa shape index (κ1) is 21.1. The molecule has 156 valence electrons. The number of rotatable bonds is 6. The molecule has 10 heteroatoms. The van der Waals surface area contributed by atoms with Gasteiger partial charge in [0, 0.05) is 26.1 Å². The molecule has 0 bridgehead atoms. The van der Waals surface area contributed by atoms with E-state index in [1.807, 2.05) is 24.3 Å². The molecule has 1 aliphatic rings. The minimum Gasteiger partial charge on any atom is -0.406 e. The van der Waals surface area contributed by atoms with Gasteiger partial charge in [0.15, 0.2) is 0 Å². The second-order valence-electron chi connectivity index (χ2n) is 6.50. The van der Waals surface area contributed by atoms with Crippen molar-refractivity contribution in [3.63, 3.8) is 0 Å². The van der Waals surface area contributed by atoms with Gasteiger partial charge in [0.25, 0.3) is 0 Å². The summed E-state index contributed by atoms with van der Waals surface area (Å²) in [6, 6.07) is 11.7. The fourth-order valence-corrected chi connectivity index (χ4v) is 4.09. The minimum absolute atomic E-state index is 0.0172. The Kier molecular flexibility index (Phi) is 6.13. The molecule has 1 aliphatic heterocycles. The maximum atomic E-state index is 12.4. The number of ether oxygens (including phenoxy) is 1. The molecule has 0 spiro atoms. The quantitative estimate of drug-likeness (QED) is 0.768. The van der Waals surface area contributed by atoms with E-state index in [1.54, 1.807) is 4.90 Å². The molecule has 0 saturated heterocycles. The first-order valence-corrected chi connectivity index (χ1v) is 10.3. The lowest BCUT2D eigenvalue weighted by molar-refractivity contribution is -0.274. The zero-order chi connectivity index (χ0) is 21.1. The third-order valence-corrected chi connectivity index (χ3v) is 5.96. The van der Waals surface area contributed by atoms with Crippen molar-refractivity contribution >= 4 is 15.9 Å². The van der Waals surface area contributed by atoms with Gasteiger partial charge in [-0.2, -0.15) is 0 Å². The van der Waals surface area contributed by atoms with Crippen LogP contribution in [0.5, 0.6) is 5.75 Å². The van der Waals surface area contributed by atoms with Crippen molar-refractivity contribution in [1.29, 1.82) is 0 Å². The minimum atomic E-state index is -4.85. The molecule has 29 heavy (non-hydrogen) atoms. The number of halogens is 3. The van der Waals surface area contributed by atoms with Crippen LogP contribution in [0.1, 0.15) is 17.5 Å². The average Bonchev–Trinajstić information content (AvgIpc) is 2.66. The van der Waals surface area contributed by atoms with Crippen LogP contribution in [-0.2, 0) is 27.8 Å². The normalized spacial score (nSPS) is 14.4. The number of fused-ring (bicyclic) bond motifs is 1. The highest BCUT2D eigenvalue weighted by molar-refractivity contribution is 7.89. The summed E-state index contributed by atoms with van der Waals surface area (Å²) in [5.74, 6) is -0.687. The Bertz CT molecular complexity index is 976. The van der Waals surface area contributed by atoms with Crippen LogP contribution in [0.3, 0.4) is 0 Å². The Balaban J connectivity index is 1.52. The largest absolute Gasteiger partial charge is 0.573 e. The summed E-state index contributed by atoms with van der Waals surface area (Å²) in [4.78, 5) is 13.8. The molecule has 2 aromatic carbocycles. The SMILES string of the molecule is O=C(CCNS(=O)(=O)c1ccc(OC(F)(F)F)cc1)N1CCc2ccccc2C1. The van der Waals surface area contributed by atoms with Crippen molar-refractivity contribution in [2.75, 3.05) is 13.1 Å². The summed E-state index contributed by atoms with van der Waals surface area (Å²) >= 11 is 0. The fourth-order valence-electron chi connectivity index (χ4n) is 3.06. The van der Waals surface area contributed by atoms with E-state index in [9.17, 15) is 26.4 Å². The molecular weight excluding hydrogens is 409 g/mol. The molecule has 1 amide bonds. The van der Waals surface area contributed by atoms with E-state index in [1.165, 1.54) is 5.56 Å². The molecule has 2 aromatic rings.